The first-order valence-corrected chi connectivity index (χ1v) is 10.4. The van der Waals surface area contributed by atoms with E-state index in [9.17, 15) is 20.6 Å². The molecule has 1 heterocycles. The van der Waals surface area contributed by atoms with E-state index >= 15 is 0 Å². The molecule has 32 heavy (non-hydrogen) atoms. The first-order chi connectivity index (χ1) is 15.3. The van der Waals surface area contributed by atoms with Crippen molar-refractivity contribution >= 4 is 5.91 Å². The van der Waals surface area contributed by atoms with E-state index in [0.717, 1.165) is 18.5 Å². The van der Waals surface area contributed by atoms with Crippen LogP contribution in [0.3, 0.4) is 0 Å². The number of allylic oxidation sites excluding steroid dienone is 2. The van der Waals surface area contributed by atoms with Gasteiger partial charge in [0.15, 0.2) is 6.61 Å². The van der Waals surface area contributed by atoms with Gasteiger partial charge in [-0.1, -0.05) is 32.1 Å². The summed E-state index contributed by atoms with van der Waals surface area (Å²) >= 11 is 0. The average Bonchev–Trinajstić information content (AvgIpc) is 2.78. The molecule has 8 heteroatoms. The lowest BCUT2D eigenvalue weighted by Crippen LogP contribution is -2.53. The maximum Gasteiger partial charge on any atom is 0.255 e. The molecule has 0 fully saturated rings. The van der Waals surface area contributed by atoms with E-state index in [2.05, 4.69) is 30.0 Å². The van der Waals surface area contributed by atoms with Crippen molar-refractivity contribution in [2.24, 2.45) is 22.3 Å². The van der Waals surface area contributed by atoms with Crippen molar-refractivity contribution in [3.05, 3.63) is 52.7 Å². The monoisotopic (exact) mass is 430 g/mol. The second kappa shape index (κ2) is 8.75. The summed E-state index contributed by atoms with van der Waals surface area (Å²) in [6.45, 7) is 5.92. The summed E-state index contributed by atoms with van der Waals surface area (Å²) in [7, 11) is 0. The van der Waals surface area contributed by atoms with Crippen LogP contribution >= 0.6 is 0 Å². The summed E-state index contributed by atoms with van der Waals surface area (Å²) in [6.07, 6.45) is 2.89. The molecule has 0 radical (unpaired) electrons. The number of nitriles is 3. The SMILES string of the molecule is CCCN1CC=C2C(C#N)(C#N)C(N)=C(C#N)[C@H](c3ccc(OCC(N)=O)cc3)[C@@]2(C)C1. The zero-order chi connectivity index (χ0) is 23.5. The highest BCUT2D eigenvalue weighted by Gasteiger charge is 2.58. The fourth-order valence-corrected chi connectivity index (χ4v) is 5.04. The van der Waals surface area contributed by atoms with E-state index in [4.69, 9.17) is 16.2 Å². The molecule has 0 saturated carbocycles. The Bertz CT molecular complexity index is 1090. The van der Waals surface area contributed by atoms with Crippen LogP contribution in [0, 0.1) is 44.8 Å². The number of benzene rings is 1. The number of nitrogens with two attached hydrogens (primary N) is 2. The lowest BCUT2D eigenvalue weighted by atomic mass is 9.52. The maximum absolute atomic E-state index is 11.0. The molecule has 3 rings (SSSR count). The molecule has 1 aromatic carbocycles. The van der Waals surface area contributed by atoms with Crippen LogP contribution in [-0.2, 0) is 4.79 Å². The Morgan fingerprint density at radius 2 is 1.91 bits per heavy atom. The van der Waals surface area contributed by atoms with Crippen molar-refractivity contribution in [3.8, 4) is 24.0 Å². The molecule has 1 aliphatic heterocycles. The van der Waals surface area contributed by atoms with Gasteiger partial charge in [-0.15, -0.1) is 0 Å². The summed E-state index contributed by atoms with van der Waals surface area (Å²) < 4.78 is 5.35. The van der Waals surface area contributed by atoms with Crippen molar-refractivity contribution in [1.29, 1.82) is 15.8 Å². The van der Waals surface area contributed by atoms with E-state index in [1.54, 1.807) is 12.1 Å². The molecule has 2 aliphatic rings. The van der Waals surface area contributed by atoms with Crippen molar-refractivity contribution in [2.45, 2.75) is 26.2 Å². The fraction of sp³-hybridized carbons (Fsp3) is 0.417. The number of carbonyl (C=O) groups is 1. The van der Waals surface area contributed by atoms with Gasteiger partial charge in [0.25, 0.3) is 5.91 Å². The van der Waals surface area contributed by atoms with Crippen molar-refractivity contribution < 1.29 is 9.53 Å². The number of carbonyl (C=O) groups excluding carboxylic acids is 1. The minimum Gasteiger partial charge on any atom is -0.484 e. The van der Waals surface area contributed by atoms with Gasteiger partial charge in [-0.2, -0.15) is 15.8 Å². The van der Waals surface area contributed by atoms with E-state index in [-0.39, 0.29) is 17.9 Å². The summed E-state index contributed by atoms with van der Waals surface area (Å²) in [4.78, 5) is 13.2. The average molecular weight is 431 g/mol. The van der Waals surface area contributed by atoms with Gasteiger partial charge in [-0.3, -0.25) is 9.69 Å². The maximum atomic E-state index is 11.0. The molecule has 8 nitrogen and oxygen atoms in total. The van der Waals surface area contributed by atoms with Gasteiger partial charge < -0.3 is 16.2 Å². The quantitative estimate of drug-likeness (QED) is 0.655. The molecule has 0 bridgehead atoms. The molecule has 4 N–H and O–H groups in total. The molecule has 1 aliphatic carbocycles. The Kier molecular flexibility index (Phi) is 6.25. The Labute approximate surface area is 188 Å². The van der Waals surface area contributed by atoms with Gasteiger partial charge in [0, 0.05) is 24.4 Å². The summed E-state index contributed by atoms with van der Waals surface area (Å²) in [6, 6.07) is 13.5. The van der Waals surface area contributed by atoms with E-state index in [0.29, 0.717) is 24.4 Å². The Balaban J connectivity index is 2.18. The lowest BCUT2D eigenvalue weighted by molar-refractivity contribution is -0.119. The normalized spacial score (nSPS) is 24.3. The molecule has 1 aromatic rings. The minimum atomic E-state index is -1.67. The topological polar surface area (TPSA) is 153 Å². The Morgan fingerprint density at radius 3 is 2.44 bits per heavy atom. The molecule has 0 saturated heterocycles. The van der Waals surface area contributed by atoms with Crippen molar-refractivity contribution in [2.75, 3.05) is 26.2 Å². The van der Waals surface area contributed by atoms with Crippen LogP contribution in [0.5, 0.6) is 5.75 Å². The van der Waals surface area contributed by atoms with Crippen LogP contribution in [0.15, 0.2) is 47.2 Å². The molecule has 164 valence electrons. The van der Waals surface area contributed by atoms with Gasteiger partial charge in [0.05, 0.1) is 29.5 Å². The Hall–Kier alpha value is -3.80. The number of amides is 1. The number of hydrogen-bond acceptors (Lipinski definition) is 7. The second-order valence-electron chi connectivity index (χ2n) is 8.44. The third-order valence-electron chi connectivity index (χ3n) is 6.34. The lowest BCUT2D eigenvalue weighted by Gasteiger charge is -2.52. The number of fused-ring (bicyclic) bond motifs is 1. The van der Waals surface area contributed by atoms with Crippen LogP contribution in [-0.4, -0.2) is 37.0 Å². The van der Waals surface area contributed by atoms with Crippen LogP contribution in [0.25, 0.3) is 0 Å². The summed E-state index contributed by atoms with van der Waals surface area (Å²) in [5.41, 5.74) is 10.8. The highest BCUT2D eigenvalue weighted by atomic mass is 16.5. The van der Waals surface area contributed by atoms with Gasteiger partial charge in [0.1, 0.15) is 5.75 Å². The van der Waals surface area contributed by atoms with E-state index < -0.39 is 22.7 Å². The zero-order valence-corrected chi connectivity index (χ0v) is 18.3. The van der Waals surface area contributed by atoms with Crippen molar-refractivity contribution in [3.63, 3.8) is 0 Å². The van der Waals surface area contributed by atoms with Crippen LogP contribution in [0.2, 0.25) is 0 Å². The molecule has 2 atom stereocenters. The molecule has 0 aromatic heterocycles. The highest BCUT2D eigenvalue weighted by molar-refractivity contribution is 5.75. The number of nitrogens with zero attached hydrogens (tertiary/aromatic N) is 4. The molecular formula is C24H26N6O2. The molecule has 0 spiro atoms. The third kappa shape index (κ3) is 3.58. The number of rotatable bonds is 6. The first-order valence-electron chi connectivity index (χ1n) is 10.4. The third-order valence-corrected chi connectivity index (χ3v) is 6.34. The standard InChI is InChI=1S/C24H26N6O2/c1-3-9-30-10-8-19-23(2,15-30)21(18(11-25)22(29)24(19,13-26)14-27)16-4-6-17(7-5-16)32-12-20(28)31/h4-8,21H,3,9-10,12,15,29H2,1-2H3,(H2,28,31)/t21-,23-/m0/s1. The smallest absolute Gasteiger partial charge is 0.255 e. The molecule has 1 amide bonds. The number of ether oxygens (including phenoxy) is 1. The fourth-order valence-electron chi connectivity index (χ4n) is 5.04. The largest absolute Gasteiger partial charge is 0.484 e. The van der Waals surface area contributed by atoms with Gasteiger partial charge in [-0.25, -0.2) is 0 Å². The van der Waals surface area contributed by atoms with Crippen LogP contribution < -0.4 is 16.2 Å². The van der Waals surface area contributed by atoms with Gasteiger partial charge >= 0.3 is 0 Å². The highest BCUT2D eigenvalue weighted by Crippen LogP contribution is 2.59. The minimum absolute atomic E-state index is 0.00304. The first kappa shape index (κ1) is 22.9. The predicted octanol–water partition coefficient (Wildman–Crippen LogP) is 2.08. The second-order valence-corrected chi connectivity index (χ2v) is 8.44. The van der Waals surface area contributed by atoms with Gasteiger partial charge in [0.2, 0.25) is 5.41 Å². The number of hydrogen-bond donors (Lipinski definition) is 2. The van der Waals surface area contributed by atoms with Crippen molar-refractivity contribution in [1.82, 2.24) is 4.90 Å². The number of primary amides is 1. The summed E-state index contributed by atoms with van der Waals surface area (Å²) in [5, 5.41) is 30.2. The Morgan fingerprint density at radius 1 is 1.25 bits per heavy atom. The zero-order valence-electron chi connectivity index (χ0n) is 18.3. The predicted molar refractivity (Wildman–Crippen MR) is 117 cm³/mol. The molecular weight excluding hydrogens is 404 g/mol. The van der Waals surface area contributed by atoms with Gasteiger partial charge in [-0.05, 0) is 36.2 Å². The summed E-state index contributed by atoms with van der Waals surface area (Å²) in [5.74, 6) is -0.550. The van der Waals surface area contributed by atoms with E-state index in [1.807, 2.05) is 25.1 Å². The van der Waals surface area contributed by atoms with E-state index in [1.165, 1.54) is 0 Å². The van der Waals surface area contributed by atoms with Crippen LogP contribution in [0.1, 0.15) is 31.7 Å². The molecule has 0 unspecified atom stereocenters. The van der Waals surface area contributed by atoms with Crippen LogP contribution in [0.4, 0.5) is 0 Å².